The molecule has 1 atom stereocenters. The van der Waals surface area contributed by atoms with Crippen molar-refractivity contribution in [1.29, 1.82) is 0 Å². The maximum absolute atomic E-state index is 13.3. The number of carbonyl (C=O) groups is 2. The Balaban J connectivity index is 1.22. The molecule has 1 aliphatic carbocycles. The molecule has 2 heterocycles. The van der Waals surface area contributed by atoms with Gasteiger partial charge in [-0.3, -0.25) is 9.59 Å². The van der Waals surface area contributed by atoms with E-state index in [-0.39, 0.29) is 29.8 Å². The molecule has 174 valence electrons. The van der Waals surface area contributed by atoms with E-state index in [1.54, 1.807) is 4.90 Å². The second kappa shape index (κ2) is 9.67. The van der Waals surface area contributed by atoms with Crippen LogP contribution in [0.4, 0.5) is 8.78 Å². The quantitative estimate of drug-likeness (QED) is 0.680. The molecule has 3 fully saturated rings. The summed E-state index contributed by atoms with van der Waals surface area (Å²) in [6, 6.07) is 3.47. The van der Waals surface area contributed by atoms with Crippen LogP contribution in [0.5, 0.6) is 0 Å². The number of carbonyl (C=O) groups excluding carboxylic acids is 2. The van der Waals surface area contributed by atoms with E-state index in [1.807, 2.05) is 4.90 Å². The number of aliphatic hydroxyl groups is 1. The van der Waals surface area contributed by atoms with Crippen molar-refractivity contribution in [3.8, 4) is 0 Å². The molecule has 1 aromatic rings. The van der Waals surface area contributed by atoms with Gasteiger partial charge in [0.2, 0.25) is 11.8 Å². The highest BCUT2D eigenvalue weighted by atomic mass is 19.2. The SMILES string of the molecule is O=C(C=Cc1ccc(F)c(F)c1)N1CCC(=O)N(CCCN2CCC3(CC3)C(O)C2)CC1. The molecule has 0 aromatic heterocycles. The Bertz CT molecular complexity index is 887. The highest BCUT2D eigenvalue weighted by Gasteiger charge is 2.51. The van der Waals surface area contributed by atoms with Crippen LogP contribution < -0.4 is 0 Å². The van der Waals surface area contributed by atoms with Crippen LogP contribution in [0.3, 0.4) is 0 Å². The molecule has 1 N–H and O–H groups in total. The van der Waals surface area contributed by atoms with Crippen LogP contribution in [0.1, 0.15) is 37.7 Å². The molecule has 2 saturated heterocycles. The maximum atomic E-state index is 13.3. The Morgan fingerprint density at radius 3 is 2.62 bits per heavy atom. The van der Waals surface area contributed by atoms with Gasteiger partial charge in [0.05, 0.1) is 6.10 Å². The van der Waals surface area contributed by atoms with E-state index >= 15 is 0 Å². The van der Waals surface area contributed by atoms with Crippen molar-refractivity contribution in [3.05, 3.63) is 41.5 Å². The van der Waals surface area contributed by atoms with Gasteiger partial charge in [-0.1, -0.05) is 6.07 Å². The zero-order valence-corrected chi connectivity index (χ0v) is 18.3. The molecule has 1 aromatic carbocycles. The van der Waals surface area contributed by atoms with Crippen molar-refractivity contribution in [3.63, 3.8) is 0 Å². The zero-order valence-electron chi connectivity index (χ0n) is 18.3. The Kier molecular flexibility index (Phi) is 6.90. The third-order valence-electron chi connectivity index (χ3n) is 7.12. The molecule has 1 saturated carbocycles. The van der Waals surface area contributed by atoms with Gasteiger partial charge in [0, 0.05) is 45.2 Å². The molecule has 1 unspecified atom stereocenters. The highest BCUT2D eigenvalue weighted by Crippen LogP contribution is 2.53. The van der Waals surface area contributed by atoms with Gasteiger partial charge in [0.25, 0.3) is 0 Å². The van der Waals surface area contributed by atoms with Crippen molar-refractivity contribution in [2.24, 2.45) is 5.41 Å². The molecule has 0 radical (unpaired) electrons. The molecule has 8 heteroatoms. The summed E-state index contributed by atoms with van der Waals surface area (Å²) >= 11 is 0. The van der Waals surface area contributed by atoms with E-state index in [4.69, 9.17) is 0 Å². The lowest BCUT2D eigenvalue weighted by Gasteiger charge is -2.36. The minimum absolute atomic E-state index is 0.0421. The van der Waals surface area contributed by atoms with Crippen molar-refractivity contribution in [1.82, 2.24) is 14.7 Å². The Hall–Kier alpha value is -2.32. The Labute approximate surface area is 187 Å². The molecule has 4 rings (SSSR count). The third kappa shape index (κ3) is 5.35. The van der Waals surface area contributed by atoms with E-state index in [1.165, 1.54) is 18.2 Å². The lowest BCUT2D eigenvalue weighted by molar-refractivity contribution is -0.130. The summed E-state index contributed by atoms with van der Waals surface area (Å²) in [5.41, 5.74) is 0.604. The average molecular weight is 448 g/mol. The van der Waals surface area contributed by atoms with E-state index in [0.29, 0.717) is 31.7 Å². The predicted octanol–water partition coefficient (Wildman–Crippen LogP) is 2.28. The third-order valence-corrected chi connectivity index (χ3v) is 7.12. The molecule has 32 heavy (non-hydrogen) atoms. The fourth-order valence-corrected chi connectivity index (χ4v) is 4.72. The summed E-state index contributed by atoms with van der Waals surface area (Å²) in [7, 11) is 0. The lowest BCUT2D eigenvalue weighted by Crippen LogP contribution is -2.46. The molecular formula is C24H31F2N3O3. The summed E-state index contributed by atoms with van der Waals surface area (Å²) < 4.78 is 26.3. The average Bonchev–Trinajstić information content (AvgIpc) is 3.58. The van der Waals surface area contributed by atoms with Crippen molar-refractivity contribution in [2.75, 3.05) is 45.8 Å². The number of likely N-dealkylation sites (tertiary alicyclic amines) is 1. The van der Waals surface area contributed by atoms with Crippen LogP contribution in [-0.2, 0) is 9.59 Å². The van der Waals surface area contributed by atoms with Crippen molar-refractivity contribution >= 4 is 17.9 Å². The largest absolute Gasteiger partial charge is 0.391 e. The summed E-state index contributed by atoms with van der Waals surface area (Å²) in [5, 5.41) is 10.3. The molecule has 3 aliphatic rings. The molecular weight excluding hydrogens is 416 g/mol. The van der Waals surface area contributed by atoms with Gasteiger partial charge >= 0.3 is 0 Å². The van der Waals surface area contributed by atoms with Gasteiger partial charge in [0.15, 0.2) is 11.6 Å². The summed E-state index contributed by atoms with van der Waals surface area (Å²) in [4.78, 5) is 30.7. The maximum Gasteiger partial charge on any atom is 0.246 e. The van der Waals surface area contributed by atoms with E-state index in [2.05, 4.69) is 4.90 Å². The van der Waals surface area contributed by atoms with E-state index < -0.39 is 11.6 Å². The molecule has 1 spiro atoms. The van der Waals surface area contributed by atoms with Crippen molar-refractivity contribution < 1.29 is 23.5 Å². The first-order chi connectivity index (χ1) is 15.4. The smallest absolute Gasteiger partial charge is 0.246 e. The van der Waals surface area contributed by atoms with Gasteiger partial charge in [-0.2, -0.15) is 0 Å². The molecule has 2 aliphatic heterocycles. The summed E-state index contributed by atoms with van der Waals surface area (Å²) in [6.07, 6.45) is 7.03. The van der Waals surface area contributed by atoms with Crippen molar-refractivity contribution in [2.45, 2.75) is 38.2 Å². The monoisotopic (exact) mass is 447 g/mol. The zero-order chi connectivity index (χ0) is 22.7. The first-order valence-electron chi connectivity index (χ1n) is 11.5. The first-order valence-corrected chi connectivity index (χ1v) is 11.5. The number of hydrogen-bond acceptors (Lipinski definition) is 4. The van der Waals surface area contributed by atoms with E-state index in [9.17, 15) is 23.5 Å². The number of amides is 2. The van der Waals surface area contributed by atoms with Gasteiger partial charge in [0.1, 0.15) is 0 Å². The van der Waals surface area contributed by atoms with Crippen LogP contribution in [-0.4, -0.2) is 83.5 Å². The van der Waals surface area contributed by atoms with Crippen LogP contribution in [0.25, 0.3) is 6.08 Å². The predicted molar refractivity (Wildman–Crippen MR) is 117 cm³/mol. The number of nitrogens with zero attached hydrogens (tertiary/aromatic N) is 3. The van der Waals surface area contributed by atoms with Gasteiger partial charge in [-0.05, 0) is 68.0 Å². The first kappa shape index (κ1) is 22.9. The minimum Gasteiger partial charge on any atom is -0.391 e. The van der Waals surface area contributed by atoms with Crippen LogP contribution in [0.15, 0.2) is 24.3 Å². The number of aliphatic hydroxyl groups excluding tert-OH is 1. The lowest BCUT2D eigenvalue weighted by atomic mass is 9.90. The Morgan fingerprint density at radius 2 is 1.91 bits per heavy atom. The second-order valence-corrected chi connectivity index (χ2v) is 9.25. The standard InChI is InChI=1S/C24H31F2N3O3/c25-19-4-2-18(16-20(19)26)3-5-22(31)29-12-6-23(32)28(14-15-29)11-1-10-27-13-9-24(7-8-24)21(30)17-27/h2-5,16,21,30H,1,6-15,17H2. The normalized spacial score (nSPS) is 23.7. The number of benzene rings is 1. The second-order valence-electron chi connectivity index (χ2n) is 9.25. The van der Waals surface area contributed by atoms with Crippen LogP contribution in [0, 0.1) is 17.0 Å². The van der Waals surface area contributed by atoms with Crippen LogP contribution in [0.2, 0.25) is 0 Å². The van der Waals surface area contributed by atoms with E-state index in [0.717, 1.165) is 57.5 Å². The molecule has 2 amide bonds. The number of halogens is 2. The molecule has 0 bridgehead atoms. The summed E-state index contributed by atoms with van der Waals surface area (Å²) in [6.45, 7) is 4.50. The number of β-amino-alcohol motifs (C(OH)–C–C–N with tert-alkyl or cyclic N) is 1. The fourth-order valence-electron chi connectivity index (χ4n) is 4.72. The van der Waals surface area contributed by atoms with Gasteiger partial charge < -0.3 is 19.8 Å². The summed E-state index contributed by atoms with van der Waals surface area (Å²) in [5.74, 6) is -2.09. The topological polar surface area (TPSA) is 64.1 Å². The van der Waals surface area contributed by atoms with Crippen LogP contribution >= 0.6 is 0 Å². The van der Waals surface area contributed by atoms with Gasteiger partial charge in [-0.15, -0.1) is 0 Å². The fraction of sp³-hybridized carbons (Fsp3) is 0.583. The minimum atomic E-state index is -0.957. The number of piperidine rings is 1. The number of hydrogen-bond donors (Lipinski definition) is 1. The highest BCUT2D eigenvalue weighted by molar-refractivity contribution is 5.92. The number of rotatable bonds is 6. The Morgan fingerprint density at radius 1 is 1.09 bits per heavy atom. The molecule has 6 nitrogen and oxygen atoms in total. The van der Waals surface area contributed by atoms with Gasteiger partial charge in [-0.25, -0.2) is 8.78 Å².